The van der Waals surface area contributed by atoms with Gasteiger partial charge in [-0.05, 0) is 12.1 Å². The second-order valence-corrected chi connectivity index (χ2v) is 4.52. The van der Waals surface area contributed by atoms with Crippen molar-refractivity contribution in [1.29, 1.82) is 0 Å². The van der Waals surface area contributed by atoms with Crippen molar-refractivity contribution < 1.29 is 18.7 Å². The summed E-state index contributed by atoms with van der Waals surface area (Å²) in [7, 11) is 0. The summed E-state index contributed by atoms with van der Waals surface area (Å²) in [6.45, 7) is -2.60. The Bertz CT molecular complexity index is 808. The lowest BCUT2D eigenvalue weighted by Crippen LogP contribution is -2.10. The predicted octanol–water partition coefficient (Wildman–Crippen LogP) is 2.98. The number of hydrogen-bond donors (Lipinski definition) is 1. The molecule has 0 fully saturated rings. The van der Waals surface area contributed by atoms with Crippen LogP contribution in [-0.2, 0) is 6.54 Å². The first-order valence-electron chi connectivity index (χ1n) is 6.19. The maximum absolute atomic E-state index is 12.8. The van der Waals surface area contributed by atoms with Gasteiger partial charge in [0.05, 0.1) is 17.6 Å². The van der Waals surface area contributed by atoms with Crippen LogP contribution >= 0.6 is 0 Å². The molecule has 21 heavy (non-hydrogen) atoms. The summed E-state index contributed by atoms with van der Waals surface area (Å²) < 4.78 is 28.0. The van der Waals surface area contributed by atoms with E-state index in [4.69, 9.17) is 0 Å². The molecule has 0 amide bonds. The highest BCUT2D eigenvalue weighted by atomic mass is 19.3. The number of fused-ring (bicyclic) bond motifs is 1. The van der Waals surface area contributed by atoms with Gasteiger partial charge in [0.25, 0.3) is 0 Å². The topological polar surface area (TPSA) is 60.0 Å². The van der Waals surface area contributed by atoms with E-state index in [2.05, 4.69) is 4.98 Å². The van der Waals surface area contributed by atoms with Crippen molar-refractivity contribution in [2.24, 2.45) is 0 Å². The molecule has 0 aliphatic carbocycles. The van der Waals surface area contributed by atoms with Gasteiger partial charge in [0.15, 0.2) is 0 Å². The first-order valence-corrected chi connectivity index (χ1v) is 6.19. The number of carboxylic acid groups (broad SMARTS) is 1. The Kier molecular flexibility index (Phi) is 3.17. The minimum atomic E-state index is -2.68. The third-order valence-electron chi connectivity index (χ3n) is 3.29. The molecule has 3 aromatic rings. The zero-order valence-electron chi connectivity index (χ0n) is 10.8. The molecule has 0 unspecified atom stereocenters. The zero-order chi connectivity index (χ0) is 15.0. The Morgan fingerprint density at radius 3 is 2.81 bits per heavy atom. The van der Waals surface area contributed by atoms with E-state index >= 15 is 0 Å². The predicted molar refractivity (Wildman–Crippen MR) is 71.5 cm³/mol. The summed E-state index contributed by atoms with van der Waals surface area (Å²) >= 11 is 0. The summed E-state index contributed by atoms with van der Waals surface area (Å²) in [6, 6.07) is 6.66. The fourth-order valence-electron chi connectivity index (χ4n) is 2.36. The molecular formula is C14H11F2N3O2. The van der Waals surface area contributed by atoms with Crippen molar-refractivity contribution in [3.63, 3.8) is 0 Å². The highest BCUT2D eigenvalue weighted by Crippen LogP contribution is 2.22. The molecule has 7 heteroatoms. The number of benzene rings is 1. The smallest absolute Gasteiger partial charge is 0.337 e. The van der Waals surface area contributed by atoms with Crippen LogP contribution in [0.15, 0.2) is 42.9 Å². The van der Waals surface area contributed by atoms with Crippen LogP contribution in [0.5, 0.6) is 0 Å². The average molecular weight is 291 g/mol. The molecule has 1 aromatic carbocycles. The van der Waals surface area contributed by atoms with Crippen LogP contribution < -0.4 is 0 Å². The van der Waals surface area contributed by atoms with Crippen molar-refractivity contribution in [2.45, 2.75) is 13.1 Å². The summed E-state index contributed by atoms with van der Waals surface area (Å²) in [6.07, 6.45) is 4.16. The molecule has 0 spiro atoms. The van der Waals surface area contributed by atoms with E-state index in [0.29, 0.717) is 5.52 Å². The van der Waals surface area contributed by atoms with Crippen molar-refractivity contribution in [2.75, 3.05) is 0 Å². The first kappa shape index (κ1) is 13.3. The molecule has 0 atom stereocenters. The van der Waals surface area contributed by atoms with Gasteiger partial charge < -0.3 is 9.67 Å². The highest BCUT2D eigenvalue weighted by Gasteiger charge is 2.15. The maximum Gasteiger partial charge on any atom is 0.337 e. The van der Waals surface area contributed by atoms with Crippen molar-refractivity contribution >= 4 is 16.9 Å². The SMILES string of the molecule is O=C(O)c1cccc2ccn(Cc3nccn3C(F)F)c12. The van der Waals surface area contributed by atoms with Gasteiger partial charge in [0, 0.05) is 24.0 Å². The Labute approximate surface area is 118 Å². The number of hydrogen-bond acceptors (Lipinski definition) is 2. The number of imidazole rings is 1. The first-order chi connectivity index (χ1) is 10.1. The van der Waals surface area contributed by atoms with Crippen LogP contribution in [0.25, 0.3) is 10.9 Å². The number of aromatic nitrogens is 3. The van der Waals surface area contributed by atoms with Crippen molar-refractivity contribution in [3.05, 3.63) is 54.2 Å². The Hall–Kier alpha value is -2.70. The van der Waals surface area contributed by atoms with E-state index in [1.165, 1.54) is 18.5 Å². The largest absolute Gasteiger partial charge is 0.478 e. The number of carbonyl (C=O) groups is 1. The number of carboxylic acids is 1. The van der Waals surface area contributed by atoms with Crippen molar-refractivity contribution in [1.82, 2.24) is 14.1 Å². The van der Waals surface area contributed by atoms with Crippen LogP contribution in [0.4, 0.5) is 8.78 Å². The van der Waals surface area contributed by atoms with Crippen LogP contribution in [0.2, 0.25) is 0 Å². The van der Waals surface area contributed by atoms with Gasteiger partial charge in [-0.15, -0.1) is 0 Å². The average Bonchev–Trinajstić information content (AvgIpc) is 3.06. The van der Waals surface area contributed by atoms with Gasteiger partial charge in [-0.1, -0.05) is 12.1 Å². The van der Waals surface area contributed by atoms with E-state index in [1.54, 1.807) is 29.0 Å². The summed E-state index contributed by atoms with van der Waals surface area (Å²) in [5.74, 6) is -0.888. The number of rotatable bonds is 4. The lowest BCUT2D eigenvalue weighted by molar-refractivity contribution is 0.0664. The quantitative estimate of drug-likeness (QED) is 0.804. The third kappa shape index (κ3) is 2.26. The van der Waals surface area contributed by atoms with Gasteiger partial charge in [0.2, 0.25) is 0 Å². The zero-order valence-corrected chi connectivity index (χ0v) is 10.8. The monoisotopic (exact) mass is 291 g/mol. The van der Waals surface area contributed by atoms with E-state index in [0.717, 1.165) is 9.95 Å². The molecular weight excluding hydrogens is 280 g/mol. The Morgan fingerprint density at radius 2 is 2.10 bits per heavy atom. The molecule has 3 rings (SSSR count). The van der Waals surface area contributed by atoms with Gasteiger partial charge >= 0.3 is 12.5 Å². The minimum Gasteiger partial charge on any atom is -0.478 e. The van der Waals surface area contributed by atoms with Crippen LogP contribution in [0, 0.1) is 0 Å². The third-order valence-corrected chi connectivity index (χ3v) is 3.29. The highest BCUT2D eigenvalue weighted by molar-refractivity contribution is 6.02. The standard InChI is InChI=1S/C14H11F2N3O2/c15-14(16)19-7-5-17-11(19)8-18-6-4-9-2-1-3-10(12(9)18)13(20)21/h1-7,14H,8H2,(H,20,21). The molecule has 0 saturated carbocycles. The summed E-state index contributed by atoms with van der Waals surface area (Å²) in [5, 5.41) is 9.98. The molecule has 108 valence electrons. The molecule has 2 aromatic heterocycles. The number of aromatic carboxylic acids is 1. The molecule has 0 radical (unpaired) electrons. The number of para-hydroxylation sites is 1. The number of halogens is 2. The van der Waals surface area contributed by atoms with E-state index in [9.17, 15) is 18.7 Å². The fraction of sp³-hybridized carbons (Fsp3) is 0.143. The Balaban J connectivity index is 2.09. The van der Waals surface area contributed by atoms with Crippen LogP contribution in [-0.4, -0.2) is 25.2 Å². The van der Waals surface area contributed by atoms with E-state index < -0.39 is 12.5 Å². The molecule has 0 aliphatic heterocycles. The van der Waals surface area contributed by atoms with Crippen molar-refractivity contribution in [3.8, 4) is 0 Å². The Morgan fingerprint density at radius 1 is 1.29 bits per heavy atom. The van der Waals surface area contributed by atoms with Gasteiger partial charge in [-0.25, -0.2) is 9.78 Å². The summed E-state index contributed by atoms with van der Waals surface area (Å²) in [5.41, 5.74) is 0.626. The second kappa shape index (κ2) is 5.01. The molecule has 0 aliphatic rings. The molecule has 0 saturated heterocycles. The minimum absolute atomic E-state index is 0.0745. The summed E-state index contributed by atoms with van der Waals surface area (Å²) in [4.78, 5) is 15.2. The lowest BCUT2D eigenvalue weighted by atomic mass is 10.1. The van der Waals surface area contributed by atoms with E-state index in [-0.39, 0.29) is 17.9 Å². The maximum atomic E-state index is 12.8. The van der Waals surface area contributed by atoms with Gasteiger partial charge in [0.1, 0.15) is 5.82 Å². The second-order valence-electron chi connectivity index (χ2n) is 4.52. The molecule has 0 bridgehead atoms. The van der Waals surface area contributed by atoms with Gasteiger partial charge in [-0.2, -0.15) is 8.78 Å². The van der Waals surface area contributed by atoms with Gasteiger partial charge in [-0.3, -0.25) is 4.57 Å². The normalized spacial score (nSPS) is 11.4. The molecule has 2 heterocycles. The fourth-order valence-corrected chi connectivity index (χ4v) is 2.36. The molecule has 1 N–H and O–H groups in total. The molecule has 5 nitrogen and oxygen atoms in total. The lowest BCUT2D eigenvalue weighted by Gasteiger charge is -2.09. The number of nitrogens with zero attached hydrogens (tertiary/aromatic N) is 3. The number of alkyl halides is 2. The van der Waals surface area contributed by atoms with Crippen LogP contribution in [0.1, 0.15) is 22.7 Å². The van der Waals surface area contributed by atoms with E-state index in [1.807, 2.05) is 0 Å². The van der Waals surface area contributed by atoms with Crippen LogP contribution in [0.3, 0.4) is 0 Å².